The number of benzene rings is 2. The Labute approximate surface area is 258 Å². The number of methoxy groups -OCH3 is 1. The Hall–Kier alpha value is -3.80. The lowest BCUT2D eigenvalue weighted by Gasteiger charge is -2.26. The van der Waals surface area contributed by atoms with Crippen molar-refractivity contribution in [1.82, 2.24) is 16.0 Å². The zero-order valence-corrected chi connectivity index (χ0v) is 25.7. The van der Waals surface area contributed by atoms with Crippen LogP contribution in [0.2, 0.25) is 0 Å². The van der Waals surface area contributed by atoms with Crippen LogP contribution >= 0.6 is 0 Å². The number of ketones is 1. The van der Waals surface area contributed by atoms with Crippen molar-refractivity contribution in [2.45, 2.75) is 69.7 Å². The predicted octanol–water partition coefficient (Wildman–Crippen LogP) is 2.28. The Bertz CT molecular complexity index is 1300. The van der Waals surface area contributed by atoms with E-state index >= 15 is 0 Å². The van der Waals surface area contributed by atoms with Gasteiger partial charge in [0.1, 0.15) is 23.4 Å². The molecular weight excluding hydrogens is 566 g/mol. The first-order chi connectivity index (χ1) is 21.2. The lowest BCUT2D eigenvalue weighted by molar-refractivity contribution is -0.134. The Morgan fingerprint density at radius 2 is 1.77 bits per heavy atom. The lowest BCUT2D eigenvalue weighted by atomic mass is 9.94. The number of hydrogen-bond donors (Lipinski definition) is 3. The van der Waals surface area contributed by atoms with E-state index in [9.17, 15) is 19.2 Å². The molecule has 4 atom stereocenters. The third kappa shape index (κ3) is 9.35. The molecule has 0 spiro atoms. The molecule has 1 saturated heterocycles. The van der Waals surface area contributed by atoms with Crippen LogP contribution in [0.1, 0.15) is 54.1 Å². The molecule has 4 rings (SSSR count). The van der Waals surface area contributed by atoms with E-state index < -0.39 is 41.4 Å². The fourth-order valence-electron chi connectivity index (χ4n) is 4.97. The van der Waals surface area contributed by atoms with Crippen LogP contribution in [0.25, 0.3) is 0 Å². The van der Waals surface area contributed by atoms with Gasteiger partial charge >= 0.3 is 0 Å². The van der Waals surface area contributed by atoms with E-state index in [2.05, 4.69) is 16.0 Å². The minimum absolute atomic E-state index is 0.115. The Morgan fingerprint density at radius 1 is 1.05 bits per heavy atom. The van der Waals surface area contributed by atoms with Gasteiger partial charge in [-0.3, -0.25) is 19.2 Å². The standard InChI is InChI=1S/C33H43N3O8/c1-22-13-14-24-28(17-22)43-16-10-5-4-9-15-42-20-27(36-31(39)26(19-41-3)35-30(24)38)32(40)34-25(29(37)33(2)21-44-33)18-23-11-7-6-8-12-23/h6-8,11-14,17,25-27H,4-5,9-10,15-16,18-21H2,1-3H3,(H,34,40)(H,35,38)(H,36,39)/t25-,26-,27-,33+/m0/s1. The van der Waals surface area contributed by atoms with Crippen molar-refractivity contribution in [3.63, 3.8) is 0 Å². The third-order valence-corrected chi connectivity index (χ3v) is 7.71. The molecule has 0 aromatic heterocycles. The number of carbonyl (C=O) groups excluding carboxylic acids is 4. The molecule has 2 heterocycles. The number of nitrogens with one attached hydrogen (secondary N) is 3. The van der Waals surface area contributed by atoms with Crippen molar-refractivity contribution in [2.75, 3.05) is 40.1 Å². The van der Waals surface area contributed by atoms with E-state index in [-0.39, 0.29) is 32.0 Å². The molecule has 0 radical (unpaired) electrons. The Kier molecular flexibility index (Phi) is 11.9. The fourth-order valence-corrected chi connectivity index (χ4v) is 4.97. The van der Waals surface area contributed by atoms with Gasteiger partial charge in [-0.2, -0.15) is 0 Å². The highest BCUT2D eigenvalue weighted by Gasteiger charge is 2.50. The molecule has 1 fully saturated rings. The normalized spacial score (nSPS) is 24.0. The Morgan fingerprint density at radius 3 is 2.48 bits per heavy atom. The van der Waals surface area contributed by atoms with Crippen LogP contribution in [-0.4, -0.2) is 87.4 Å². The zero-order chi connectivity index (χ0) is 31.5. The van der Waals surface area contributed by atoms with Gasteiger partial charge in [0.15, 0.2) is 5.78 Å². The second kappa shape index (κ2) is 15.8. The summed E-state index contributed by atoms with van der Waals surface area (Å²) < 4.78 is 22.4. The number of fused-ring (bicyclic) bond motifs is 1. The quantitative estimate of drug-likeness (QED) is 0.387. The highest BCUT2D eigenvalue weighted by molar-refractivity contribution is 6.01. The zero-order valence-electron chi connectivity index (χ0n) is 25.7. The second-order valence-electron chi connectivity index (χ2n) is 11.5. The SMILES string of the molecule is COC[C@@H]1NC(=O)c2ccc(C)cc2OCCCCCCOC[C@@H](C(=O)N[C@@H](Cc2ccccc2)C(=O)[C@@]2(C)CO2)NC1=O. The van der Waals surface area contributed by atoms with Crippen molar-refractivity contribution >= 4 is 23.5 Å². The number of aryl methyl sites for hydroxylation is 1. The number of rotatable bonds is 8. The molecule has 2 aromatic rings. The summed E-state index contributed by atoms with van der Waals surface area (Å²) in [6.45, 7) is 4.47. The second-order valence-corrected chi connectivity index (χ2v) is 11.5. The molecule has 2 aliphatic heterocycles. The minimum Gasteiger partial charge on any atom is -0.493 e. The van der Waals surface area contributed by atoms with Gasteiger partial charge in [0.25, 0.3) is 5.91 Å². The van der Waals surface area contributed by atoms with E-state index in [0.717, 1.165) is 36.8 Å². The fraction of sp³-hybridized carbons (Fsp3) is 0.515. The van der Waals surface area contributed by atoms with Gasteiger partial charge in [-0.05, 0) is 62.8 Å². The summed E-state index contributed by atoms with van der Waals surface area (Å²) in [5, 5.41) is 8.27. The number of epoxide rings is 1. The molecule has 11 nitrogen and oxygen atoms in total. The van der Waals surface area contributed by atoms with E-state index in [1.54, 1.807) is 25.1 Å². The average molecular weight is 610 g/mol. The smallest absolute Gasteiger partial charge is 0.255 e. The summed E-state index contributed by atoms with van der Waals surface area (Å²) in [6.07, 6.45) is 3.60. The topological polar surface area (TPSA) is 145 Å². The highest BCUT2D eigenvalue weighted by Crippen LogP contribution is 2.29. The van der Waals surface area contributed by atoms with Crippen molar-refractivity contribution in [1.29, 1.82) is 0 Å². The third-order valence-electron chi connectivity index (χ3n) is 7.71. The van der Waals surface area contributed by atoms with E-state index in [0.29, 0.717) is 24.5 Å². The average Bonchev–Trinajstić information content (AvgIpc) is 3.76. The first-order valence-electron chi connectivity index (χ1n) is 15.1. The maximum Gasteiger partial charge on any atom is 0.255 e. The molecule has 3 amide bonds. The van der Waals surface area contributed by atoms with Gasteiger partial charge in [-0.1, -0.05) is 42.8 Å². The van der Waals surface area contributed by atoms with Gasteiger partial charge in [0.2, 0.25) is 11.8 Å². The van der Waals surface area contributed by atoms with Gasteiger partial charge in [0.05, 0.1) is 38.0 Å². The van der Waals surface area contributed by atoms with E-state index in [4.69, 9.17) is 18.9 Å². The summed E-state index contributed by atoms with van der Waals surface area (Å²) in [6, 6.07) is 11.5. The summed E-state index contributed by atoms with van der Waals surface area (Å²) >= 11 is 0. The van der Waals surface area contributed by atoms with Crippen molar-refractivity contribution < 1.29 is 38.1 Å². The molecule has 0 unspecified atom stereocenters. The molecule has 0 aliphatic carbocycles. The number of hydrogen-bond acceptors (Lipinski definition) is 8. The molecule has 3 N–H and O–H groups in total. The first-order valence-corrected chi connectivity index (χ1v) is 15.1. The van der Waals surface area contributed by atoms with Crippen LogP contribution < -0.4 is 20.7 Å². The highest BCUT2D eigenvalue weighted by atomic mass is 16.6. The van der Waals surface area contributed by atoms with E-state index in [1.165, 1.54) is 7.11 Å². The van der Waals surface area contributed by atoms with Crippen LogP contribution in [-0.2, 0) is 35.0 Å². The largest absolute Gasteiger partial charge is 0.493 e. The molecular formula is C33H43N3O8. The summed E-state index contributed by atoms with van der Waals surface area (Å²) in [5.74, 6) is -1.53. The summed E-state index contributed by atoms with van der Waals surface area (Å²) in [5.41, 5.74) is 1.14. The van der Waals surface area contributed by atoms with Gasteiger partial charge in [0, 0.05) is 13.7 Å². The summed E-state index contributed by atoms with van der Waals surface area (Å²) in [7, 11) is 1.41. The molecule has 238 valence electrons. The van der Waals surface area contributed by atoms with E-state index in [1.807, 2.05) is 37.3 Å². The molecule has 0 bridgehead atoms. The lowest BCUT2D eigenvalue weighted by Crippen LogP contribution is -2.59. The number of carbonyl (C=O) groups is 4. The van der Waals surface area contributed by atoms with Crippen LogP contribution in [0, 0.1) is 6.92 Å². The van der Waals surface area contributed by atoms with Crippen molar-refractivity contribution in [2.24, 2.45) is 0 Å². The van der Waals surface area contributed by atoms with Crippen molar-refractivity contribution in [3.05, 3.63) is 65.2 Å². The molecule has 2 aromatic carbocycles. The minimum atomic E-state index is -1.13. The number of ether oxygens (including phenoxy) is 4. The van der Waals surface area contributed by atoms with Crippen LogP contribution in [0.5, 0.6) is 5.75 Å². The first kappa shape index (κ1) is 33.1. The van der Waals surface area contributed by atoms with Crippen LogP contribution in [0.4, 0.5) is 0 Å². The van der Waals surface area contributed by atoms with Crippen LogP contribution in [0.15, 0.2) is 48.5 Å². The Balaban J connectivity index is 1.54. The monoisotopic (exact) mass is 609 g/mol. The molecule has 0 saturated carbocycles. The van der Waals surface area contributed by atoms with Gasteiger partial charge in [-0.15, -0.1) is 0 Å². The summed E-state index contributed by atoms with van der Waals surface area (Å²) in [4.78, 5) is 53.8. The number of Topliss-reactive ketones (excluding diaryl/α,β-unsaturated/α-hetero) is 1. The molecule has 11 heteroatoms. The maximum atomic E-state index is 13.7. The van der Waals surface area contributed by atoms with Crippen molar-refractivity contribution in [3.8, 4) is 5.75 Å². The number of amides is 3. The van der Waals surface area contributed by atoms with Gasteiger partial charge < -0.3 is 34.9 Å². The molecule has 44 heavy (non-hydrogen) atoms. The maximum absolute atomic E-state index is 13.7. The molecule has 2 aliphatic rings. The van der Waals surface area contributed by atoms with Gasteiger partial charge in [-0.25, -0.2) is 0 Å². The van der Waals surface area contributed by atoms with Crippen LogP contribution in [0.3, 0.4) is 0 Å². The predicted molar refractivity (Wildman–Crippen MR) is 162 cm³/mol.